The van der Waals surface area contributed by atoms with Crippen LogP contribution in [-0.2, 0) is 18.1 Å². The van der Waals surface area contributed by atoms with Crippen molar-refractivity contribution in [3.63, 3.8) is 0 Å². The molecule has 1 heterocycles. The fourth-order valence-corrected chi connectivity index (χ4v) is 1.84. The molecule has 0 atom stereocenters. The van der Waals surface area contributed by atoms with Crippen LogP contribution in [0.5, 0.6) is 0 Å². The monoisotopic (exact) mass is 259 g/mol. The molecule has 0 spiro atoms. The number of hydrogen-bond acceptors (Lipinski definition) is 2. The van der Waals surface area contributed by atoms with Crippen molar-refractivity contribution >= 4 is 10.9 Å². The summed E-state index contributed by atoms with van der Waals surface area (Å²) >= 11 is 0. The number of aliphatic hydroxyl groups is 1. The highest BCUT2D eigenvalue weighted by Crippen LogP contribution is 2.21. The topological polar surface area (TPSA) is 34.4 Å². The first-order valence-corrected chi connectivity index (χ1v) is 5.33. The van der Waals surface area contributed by atoms with Gasteiger partial charge in [-0.05, 0) is 6.07 Å². The van der Waals surface area contributed by atoms with Gasteiger partial charge in [0.1, 0.15) is 13.3 Å². The molecule has 98 valence electrons. The second kappa shape index (κ2) is 4.99. The van der Waals surface area contributed by atoms with Crippen molar-refractivity contribution in [2.24, 2.45) is 0 Å². The molecule has 0 saturated carbocycles. The minimum atomic E-state index is -4.33. The molecule has 0 unspecified atom stereocenters. The van der Waals surface area contributed by atoms with Crippen molar-refractivity contribution in [1.82, 2.24) is 4.57 Å². The Bertz CT molecular complexity index is 534. The van der Waals surface area contributed by atoms with Gasteiger partial charge in [-0.3, -0.25) is 0 Å². The lowest BCUT2D eigenvalue weighted by atomic mass is 10.1. The van der Waals surface area contributed by atoms with Gasteiger partial charge in [0.25, 0.3) is 0 Å². The number of rotatable bonds is 4. The zero-order chi connectivity index (χ0) is 13.2. The van der Waals surface area contributed by atoms with E-state index in [1.807, 2.05) is 6.07 Å². The minimum Gasteiger partial charge on any atom is -0.392 e. The maximum absolute atomic E-state index is 12.0. The number of nitrogens with zero attached hydrogens (tertiary/aromatic N) is 1. The number of fused-ring (bicyclic) bond motifs is 1. The van der Waals surface area contributed by atoms with E-state index in [9.17, 15) is 18.3 Å². The van der Waals surface area contributed by atoms with Gasteiger partial charge in [-0.15, -0.1) is 0 Å². The summed E-state index contributed by atoms with van der Waals surface area (Å²) in [4.78, 5) is 0. The standard InChI is InChI=1S/C12H12F3NO2/c13-12(14,15)7-18-8-16-5-4-9-2-1-3-10(6-17)11(9)16/h1-5,17H,6-8H2. The summed E-state index contributed by atoms with van der Waals surface area (Å²) in [5, 5.41) is 10.1. The van der Waals surface area contributed by atoms with Gasteiger partial charge in [0, 0.05) is 17.1 Å². The molecule has 1 aromatic heterocycles. The van der Waals surface area contributed by atoms with Crippen molar-refractivity contribution in [3.05, 3.63) is 36.0 Å². The maximum Gasteiger partial charge on any atom is 0.411 e. The number of para-hydroxylation sites is 1. The van der Waals surface area contributed by atoms with Gasteiger partial charge >= 0.3 is 6.18 Å². The number of hydrogen-bond donors (Lipinski definition) is 1. The SMILES string of the molecule is OCc1cccc2ccn(COCC(F)(F)F)c12. The third-order valence-electron chi connectivity index (χ3n) is 2.54. The summed E-state index contributed by atoms with van der Waals surface area (Å²) in [7, 11) is 0. The molecule has 0 aliphatic rings. The smallest absolute Gasteiger partial charge is 0.392 e. The summed E-state index contributed by atoms with van der Waals surface area (Å²) in [6.07, 6.45) is -2.69. The van der Waals surface area contributed by atoms with E-state index in [2.05, 4.69) is 4.74 Å². The summed E-state index contributed by atoms with van der Waals surface area (Å²) in [6.45, 7) is -1.64. The van der Waals surface area contributed by atoms with Gasteiger partial charge in [0.15, 0.2) is 0 Å². The minimum absolute atomic E-state index is 0.166. The molecule has 2 rings (SSSR count). The van der Waals surface area contributed by atoms with Crippen LogP contribution < -0.4 is 0 Å². The molecule has 0 amide bonds. The van der Waals surface area contributed by atoms with Crippen molar-refractivity contribution < 1.29 is 23.0 Å². The summed E-state index contributed by atoms with van der Waals surface area (Å²) in [6, 6.07) is 7.11. The maximum atomic E-state index is 12.0. The van der Waals surface area contributed by atoms with E-state index in [1.165, 1.54) is 0 Å². The number of alkyl halides is 3. The molecule has 0 fully saturated rings. The molecule has 0 aliphatic carbocycles. The Morgan fingerprint density at radius 1 is 1.22 bits per heavy atom. The fourth-order valence-electron chi connectivity index (χ4n) is 1.84. The van der Waals surface area contributed by atoms with Crippen LogP contribution in [-0.4, -0.2) is 22.5 Å². The van der Waals surface area contributed by atoms with Crippen LogP contribution in [0.3, 0.4) is 0 Å². The summed E-state index contributed by atoms with van der Waals surface area (Å²) < 4.78 is 42.1. The number of benzene rings is 1. The van der Waals surface area contributed by atoms with Gasteiger partial charge in [-0.1, -0.05) is 18.2 Å². The van der Waals surface area contributed by atoms with Crippen LogP contribution >= 0.6 is 0 Å². The Hall–Kier alpha value is -1.53. The highest BCUT2D eigenvalue weighted by molar-refractivity contribution is 5.83. The average Bonchev–Trinajstić information content (AvgIpc) is 2.71. The van der Waals surface area contributed by atoms with Crippen LogP contribution in [0.25, 0.3) is 10.9 Å². The van der Waals surface area contributed by atoms with E-state index < -0.39 is 12.8 Å². The lowest BCUT2D eigenvalue weighted by molar-refractivity contribution is -0.181. The lowest BCUT2D eigenvalue weighted by Gasteiger charge is -2.11. The molecule has 18 heavy (non-hydrogen) atoms. The first-order chi connectivity index (χ1) is 8.51. The number of ether oxygens (including phenoxy) is 1. The predicted octanol–water partition coefficient (Wildman–Crippen LogP) is 2.67. The van der Waals surface area contributed by atoms with Crippen LogP contribution in [0, 0.1) is 0 Å². The Morgan fingerprint density at radius 3 is 2.67 bits per heavy atom. The van der Waals surface area contributed by atoms with Gasteiger partial charge in [0.05, 0.1) is 12.1 Å². The normalized spacial score (nSPS) is 12.2. The Morgan fingerprint density at radius 2 is 2.00 bits per heavy atom. The number of aromatic nitrogens is 1. The zero-order valence-corrected chi connectivity index (χ0v) is 9.44. The molecule has 0 saturated heterocycles. The summed E-state index contributed by atoms with van der Waals surface area (Å²) in [5.74, 6) is 0. The van der Waals surface area contributed by atoms with Crippen molar-refractivity contribution in [2.75, 3.05) is 6.61 Å². The molecule has 0 bridgehead atoms. The quantitative estimate of drug-likeness (QED) is 0.916. The third-order valence-corrected chi connectivity index (χ3v) is 2.54. The molecule has 2 aromatic rings. The molecule has 0 radical (unpaired) electrons. The van der Waals surface area contributed by atoms with Crippen LogP contribution in [0.2, 0.25) is 0 Å². The molecule has 6 heteroatoms. The van der Waals surface area contributed by atoms with E-state index in [0.29, 0.717) is 11.1 Å². The number of aliphatic hydroxyl groups excluding tert-OH is 1. The van der Waals surface area contributed by atoms with Gasteiger partial charge in [-0.2, -0.15) is 13.2 Å². The van der Waals surface area contributed by atoms with Gasteiger partial charge in [0.2, 0.25) is 0 Å². The second-order valence-corrected chi connectivity index (χ2v) is 3.89. The van der Waals surface area contributed by atoms with Crippen molar-refractivity contribution in [1.29, 1.82) is 0 Å². The highest BCUT2D eigenvalue weighted by Gasteiger charge is 2.27. The molecule has 0 aliphatic heterocycles. The van der Waals surface area contributed by atoms with Crippen LogP contribution in [0.15, 0.2) is 30.5 Å². The van der Waals surface area contributed by atoms with E-state index in [-0.39, 0.29) is 13.3 Å². The Balaban J connectivity index is 2.18. The van der Waals surface area contributed by atoms with Gasteiger partial charge in [-0.25, -0.2) is 0 Å². The largest absolute Gasteiger partial charge is 0.411 e. The Kier molecular flexibility index (Phi) is 3.58. The van der Waals surface area contributed by atoms with Gasteiger partial charge < -0.3 is 14.4 Å². The molecule has 1 N–H and O–H groups in total. The van der Waals surface area contributed by atoms with E-state index >= 15 is 0 Å². The highest BCUT2D eigenvalue weighted by atomic mass is 19.4. The van der Waals surface area contributed by atoms with E-state index in [4.69, 9.17) is 0 Å². The Labute approximate surface area is 101 Å². The third kappa shape index (κ3) is 2.83. The van der Waals surface area contributed by atoms with E-state index in [1.54, 1.807) is 29.0 Å². The first-order valence-electron chi connectivity index (χ1n) is 5.33. The van der Waals surface area contributed by atoms with Crippen LogP contribution in [0.4, 0.5) is 13.2 Å². The predicted molar refractivity (Wildman–Crippen MR) is 59.9 cm³/mol. The second-order valence-electron chi connectivity index (χ2n) is 3.89. The average molecular weight is 259 g/mol. The van der Waals surface area contributed by atoms with Crippen LogP contribution in [0.1, 0.15) is 5.56 Å². The van der Waals surface area contributed by atoms with Crippen molar-refractivity contribution in [2.45, 2.75) is 19.5 Å². The molecule has 1 aromatic carbocycles. The zero-order valence-electron chi connectivity index (χ0n) is 9.44. The lowest BCUT2D eigenvalue weighted by Crippen LogP contribution is -2.18. The first kappa shape index (κ1) is 12.9. The summed E-state index contributed by atoms with van der Waals surface area (Å²) in [5.41, 5.74) is 1.36. The fraction of sp³-hybridized carbons (Fsp3) is 0.333. The molecule has 3 nitrogen and oxygen atoms in total. The van der Waals surface area contributed by atoms with Crippen molar-refractivity contribution in [3.8, 4) is 0 Å². The molecular formula is C12H12F3NO2. The van der Waals surface area contributed by atoms with E-state index in [0.717, 1.165) is 5.39 Å². The number of halogens is 3. The molecular weight excluding hydrogens is 247 g/mol.